The summed E-state index contributed by atoms with van der Waals surface area (Å²) in [5, 5.41) is 0. The van der Waals surface area contributed by atoms with Gasteiger partial charge in [-0.15, -0.1) is 0 Å². The molecule has 0 aliphatic carbocycles. The second-order valence-corrected chi connectivity index (χ2v) is 10.1. The highest BCUT2D eigenvalue weighted by atomic mass is 32.2. The van der Waals surface area contributed by atoms with E-state index in [2.05, 4.69) is 11.8 Å². The summed E-state index contributed by atoms with van der Waals surface area (Å²) in [7, 11) is -3.12. The summed E-state index contributed by atoms with van der Waals surface area (Å²) in [6.07, 6.45) is 2.42. The molecule has 2 saturated heterocycles. The molecule has 146 valence electrons. The lowest BCUT2D eigenvalue weighted by molar-refractivity contribution is -0.138. The third kappa shape index (κ3) is 4.31. The van der Waals surface area contributed by atoms with Gasteiger partial charge in [-0.2, -0.15) is 0 Å². The Morgan fingerprint density at radius 3 is 2.58 bits per heavy atom. The van der Waals surface area contributed by atoms with Crippen LogP contribution in [0.1, 0.15) is 45.1 Å². The normalized spacial score (nSPS) is 25.6. The van der Waals surface area contributed by atoms with Gasteiger partial charge in [0.2, 0.25) is 5.91 Å². The van der Waals surface area contributed by atoms with Crippen LogP contribution in [0.5, 0.6) is 0 Å². The molecule has 2 atom stereocenters. The molecule has 2 aliphatic rings. The van der Waals surface area contributed by atoms with Gasteiger partial charge in [0.25, 0.3) is 0 Å². The molecule has 0 aromatic carbocycles. The lowest BCUT2D eigenvalue weighted by atomic mass is 10.0. The molecule has 0 unspecified atom stereocenters. The molecular weight excluding hydrogens is 352 g/mol. The fraction of sp³-hybridized carbons (Fsp3) is 0.737. The van der Waals surface area contributed by atoms with E-state index in [0.29, 0.717) is 26.1 Å². The van der Waals surface area contributed by atoms with Crippen LogP contribution in [0.3, 0.4) is 0 Å². The Morgan fingerprint density at radius 2 is 1.88 bits per heavy atom. The van der Waals surface area contributed by atoms with Gasteiger partial charge < -0.3 is 9.32 Å². The molecular formula is C19H30N2O4S. The predicted octanol–water partition coefficient (Wildman–Crippen LogP) is 2.09. The quantitative estimate of drug-likeness (QED) is 0.753. The van der Waals surface area contributed by atoms with Gasteiger partial charge in [0.05, 0.1) is 24.1 Å². The average molecular weight is 383 g/mol. The Kier molecular flexibility index (Phi) is 5.77. The number of hydrogen-bond donors (Lipinski definition) is 0. The summed E-state index contributed by atoms with van der Waals surface area (Å²) in [6.45, 7) is 8.02. The minimum absolute atomic E-state index is 0.0787. The maximum Gasteiger partial charge on any atom is 0.223 e. The largest absolute Gasteiger partial charge is 0.465 e. The predicted molar refractivity (Wildman–Crippen MR) is 101 cm³/mol. The molecule has 2 fully saturated rings. The number of piperazine rings is 1. The van der Waals surface area contributed by atoms with Gasteiger partial charge in [0, 0.05) is 32.0 Å². The maximum atomic E-state index is 12.6. The summed E-state index contributed by atoms with van der Waals surface area (Å²) >= 11 is 0. The van der Waals surface area contributed by atoms with E-state index in [0.717, 1.165) is 24.4 Å². The van der Waals surface area contributed by atoms with Crippen molar-refractivity contribution < 1.29 is 17.6 Å². The maximum absolute atomic E-state index is 12.6. The molecule has 0 spiro atoms. The third-order valence-electron chi connectivity index (χ3n) is 5.27. The molecule has 7 heteroatoms. The van der Waals surface area contributed by atoms with Gasteiger partial charge in [-0.1, -0.05) is 20.8 Å². The number of furan rings is 1. The first-order chi connectivity index (χ1) is 12.3. The molecule has 0 saturated carbocycles. The first-order valence-electron chi connectivity index (χ1n) is 9.60. The Balaban J connectivity index is 1.74. The van der Waals surface area contributed by atoms with Gasteiger partial charge in [-0.25, -0.2) is 8.42 Å². The van der Waals surface area contributed by atoms with Gasteiger partial charge >= 0.3 is 0 Å². The van der Waals surface area contributed by atoms with Crippen LogP contribution in [0.25, 0.3) is 0 Å². The monoisotopic (exact) mass is 382 g/mol. The Morgan fingerprint density at radius 1 is 1.19 bits per heavy atom. The van der Waals surface area contributed by atoms with Crippen LogP contribution in [0, 0.1) is 5.92 Å². The Bertz CT molecular complexity index is 740. The second kappa shape index (κ2) is 7.72. The van der Waals surface area contributed by atoms with Gasteiger partial charge in [-0.3, -0.25) is 9.69 Å². The van der Waals surface area contributed by atoms with E-state index in [1.807, 2.05) is 30.9 Å². The number of hydrogen-bond acceptors (Lipinski definition) is 5. The van der Waals surface area contributed by atoms with Crippen molar-refractivity contribution in [1.29, 1.82) is 0 Å². The standard InChI is InChI=1S/C19H30N2O4S/c1-4-5-15-6-7-16(25-15)11-20-8-9-21(19(22)10-14(2)3)18-13-26(23,24)12-17(18)20/h6-7,14,17-18H,4-5,8-13H2,1-3H3/t17-,18+/m1/s1. The zero-order valence-electron chi connectivity index (χ0n) is 16.0. The lowest BCUT2D eigenvalue weighted by Gasteiger charge is -2.43. The molecule has 0 radical (unpaired) electrons. The lowest BCUT2D eigenvalue weighted by Crippen LogP contribution is -2.60. The van der Waals surface area contributed by atoms with Crippen molar-refractivity contribution in [3.8, 4) is 0 Å². The fourth-order valence-electron chi connectivity index (χ4n) is 4.09. The molecule has 0 N–H and O–H groups in total. The number of fused-ring (bicyclic) bond motifs is 1. The summed E-state index contributed by atoms with van der Waals surface area (Å²) in [6, 6.07) is 3.62. The van der Waals surface area contributed by atoms with Crippen molar-refractivity contribution in [3.63, 3.8) is 0 Å². The third-order valence-corrected chi connectivity index (χ3v) is 6.97. The van der Waals surface area contributed by atoms with Crippen molar-refractivity contribution >= 4 is 15.7 Å². The van der Waals surface area contributed by atoms with E-state index in [1.54, 1.807) is 0 Å². The molecule has 3 rings (SSSR count). The number of nitrogens with zero attached hydrogens (tertiary/aromatic N) is 2. The van der Waals surface area contributed by atoms with Crippen LogP contribution in [0.15, 0.2) is 16.5 Å². The zero-order valence-corrected chi connectivity index (χ0v) is 16.8. The highest BCUT2D eigenvalue weighted by molar-refractivity contribution is 7.91. The topological polar surface area (TPSA) is 70.8 Å². The number of rotatable bonds is 6. The molecule has 6 nitrogen and oxygen atoms in total. The van der Waals surface area contributed by atoms with Gasteiger partial charge in [-0.05, 0) is 24.5 Å². The Hall–Kier alpha value is -1.34. The van der Waals surface area contributed by atoms with E-state index in [1.165, 1.54) is 0 Å². The van der Waals surface area contributed by atoms with Crippen LogP contribution in [0.4, 0.5) is 0 Å². The van der Waals surface area contributed by atoms with Crippen LogP contribution >= 0.6 is 0 Å². The minimum Gasteiger partial charge on any atom is -0.465 e. The number of carbonyl (C=O) groups excluding carboxylic acids is 1. The van der Waals surface area contributed by atoms with Crippen LogP contribution < -0.4 is 0 Å². The summed E-state index contributed by atoms with van der Waals surface area (Å²) in [5.41, 5.74) is 0. The minimum atomic E-state index is -3.12. The van der Waals surface area contributed by atoms with Crippen LogP contribution in [0.2, 0.25) is 0 Å². The molecule has 1 amide bonds. The van der Waals surface area contributed by atoms with Crippen molar-refractivity contribution in [2.45, 2.75) is 58.7 Å². The number of amides is 1. The molecule has 26 heavy (non-hydrogen) atoms. The van der Waals surface area contributed by atoms with Crippen molar-refractivity contribution in [2.24, 2.45) is 5.92 Å². The van der Waals surface area contributed by atoms with Crippen molar-refractivity contribution in [3.05, 3.63) is 23.7 Å². The first-order valence-corrected chi connectivity index (χ1v) is 11.4. The average Bonchev–Trinajstić information content (AvgIpc) is 3.10. The fourth-order valence-corrected chi connectivity index (χ4v) is 6.10. The number of carbonyl (C=O) groups is 1. The smallest absolute Gasteiger partial charge is 0.223 e. The first kappa shape index (κ1) is 19.4. The van der Waals surface area contributed by atoms with Gasteiger partial charge in [0.15, 0.2) is 9.84 Å². The van der Waals surface area contributed by atoms with E-state index in [4.69, 9.17) is 4.42 Å². The molecule has 0 bridgehead atoms. The van der Waals surface area contributed by atoms with Crippen LogP contribution in [-0.2, 0) is 27.6 Å². The van der Waals surface area contributed by atoms with E-state index >= 15 is 0 Å². The highest BCUT2D eigenvalue weighted by Gasteiger charge is 2.47. The number of aryl methyl sites for hydroxylation is 1. The van der Waals surface area contributed by atoms with Crippen molar-refractivity contribution in [2.75, 3.05) is 24.6 Å². The van der Waals surface area contributed by atoms with Crippen molar-refractivity contribution in [1.82, 2.24) is 9.80 Å². The summed E-state index contributed by atoms with van der Waals surface area (Å²) in [5.74, 6) is 2.41. The van der Waals surface area contributed by atoms with Gasteiger partial charge in [0.1, 0.15) is 11.5 Å². The molecule has 1 aromatic heterocycles. The summed E-state index contributed by atoms with van der Waals surface area (Å²) < 4.78 is 30.5. The van der Waals surface area contributed by atoms with Crippen LogP contribution in [-0.4, -0.2) is 60.8 Å². The molecule has 2 aliphatic heterocycles. The van der Waals surface area contributed by atoms with E-state index in [-0.39, 0.29) is 35.4 Å². The number of sulfone groups is 1. The zero-order chi connectivity index (χ0) is 18.9. The van der Waals surface area contributed by atoms with E-state index < -0.39 is 9.84 Å². The summed E-state index contributed by atoms with van der Waals surface area (Å²) in [4.78, 5) is 16.6. The second-order valence-electron chi connectivity index (χ2n) is 7.99. The molecule has 1 aromatic rings. The molecule has 3 heterocycles. The SMILES string of the molecule is CCCc1ccc(CN2CCN(C(=O)CC(C)C)[C@H]3CS(=O)(=O)C[C@H]32)o1. The highest BCUT2D eigenvalue weighted by Crippen LogP contribution is 2.29. The Labute approximate surface area is 156 Å². The van der Waals surface area contributed by atoms with E-state index in [9.17, 15) is 13.2 Å².